The van der Waals surface area contributed by atoms with Gasteiger partial charge in [-0.05, 0) is 44.2 Å². The minimum atomic E-state index is -0.185. The highest BCUT2D eigenvalue weighted by molar-refractivity contribution is 7.07. The Labute approximate surface area is 229 Å². The summed E-state index contributed by atoms with van der Waals surface area (Å²) < 4.78 is 16.7. The van der Waals surface area contributed by atoms with Gasteiger partial charge in [0, 0.05) is 23.6 Å². The zero-order chi connectivity index (χ0) is 26.9. The molecule has 0 amide bonds. The molecule has 0 saturated heterocycles. The molecule has 0 unspecified atom stereocenters. The van der Waals surface area contributed by atoms with Crippen LogP contribution in [-0.2, 0) is 7.05 Å². The summed E-state index contributed by atoms with van der Waals surface area (Å²) in [6.45, 7) is 4.91. The zero-order valence-electron chi connectivity index (χ0n) is 21.9. The third kappa shape index (κ3) is 4.61. The van der Waals surface area contributed by atoms with Crippen molar-refractivity contribution in [2.45, 2.75) is 13.8 Å². The van der Waals surface area contributed by atoms with Crippen molar-refractivity contribution in [3.05, 3.63) is 111 Å². The van der Waals surface area contributed by atoms with Gasteiger partial charge in [-0.25, -0.2) is 14.4 Å². The second-order valence-electron chi connectivity index (χ2n) is 9.15. The summed E-state index contributed by atoms with van der Waals surface area (Å²) in [5.74, 6) is 1.44. The quantitative estimate of drug-likeness (QED) is 0.286. The SMILES string of the molecule is CC(=Nn1c(-c2ccccc2)csc1=Nc1c(C)n(C)n(-c2ccccc2)c1=O)c1ccc2c(c1)OCCO2. The van der Waals surface area contributed by atoms with Crippen LogP contribution in [0.1, 0.15) is 18.2 Å². The van der Waals surface area contributed by atoms with Crippen molar-refractivity contribution in [1.82, 2.24) is 14.0 Å². The second-order valence-corrected chi connectivity index (χ2v) is 9.98. The summed E-state index contributed by atoms with van der Waals surface area (Å²) in [5.41, 5.74) is 5.30. The Balaban J connectivity index is 1.52. The monoisotopic (exact) mass is 537 g/mol. The van der Waals surface area contributed by atoms with Gasteiger partial charge < -0.3 is 9.47 Å². The number of rotatable bonds is 5. The fourth-order valence-electron chi connectivity index (χ4n) is 4.54. The molecule has 0 aliphatic carbocycles. The van der Waals surface area contributed by atoms with Crippen LogP contribution in [0.15, 0.2) is 99.1 Å². The Morgan fingerprint density at radius 2 is 1.62 bits per heavy atom. The summed E-state index contributed by atoms with van der Waals surface area (Å²) in [4.78, 5) is 19.0. The number of benzene rings is 3. The number of para-hydroxylation sites is 1. The average Bonchev–Trinajstić information content (AvgIpc) is 3.46. The normalized spacial score (nSPS) is 13.6. The van der Waals surface area contributed by atoms with Crippen LogP contribution in [0.5, 0.6) is 11.5 Å². The molecule has 0 atom stereocenters. The van der Waals surface area contributed by atoms with Crippen LogP contribution < -0.4 is 19.8 Å². The van der Waals surface area contributed by atoms with Gasteiger partial charge in [0.05, 0.1) is 22.8 Å². The summed E-state index contributed by atoms with van der Waals surface area (Å²) in [6.07, 6.45) is 0. The predicted octanol–water partition coefficient (Wildman–Crippen LogP) is 5.29. The van der Waals surface area contributed by atoms with E-state index < -0.39 is 0 Å². The highest BCUT2D eigenvalue weighted by Gasteiger charge is 2.18. The van der Waals surface area contributed by atoms with E-state index in [4.69, 9.17) is 19.6 Å². The number of fused-ring (bicyclic) bond motifs is 1. The third-order valence-electron chi connectivity index (χ3n) is 6.70. The first-order chi connectivity index (χ1) is 19.0. The van der Waals surface area contributed by atoms with Crippen LogP contribution in [0.25, 0.3) is 16.9 Å². The molecule has 2 aromatic heterocycles. The molecule has 3 heterocycles. The molecule has 1 aliphatic heterocycles. The van der Waals surface area contributed by atoms with E-state index in [0.717, 1.165) is 39.7 Å². The number of hydrogen-bond donors (Lipinski definition) is 0. The number of thiazole rings is 1. The molecule has 0 radical (unpaired) electrons. The van der Waals surface area contributed by atoms with Gasteiger partial charge in [-0.2, -0.15) is 5.10 Å². The van der Waals surface area contributed by atoms with Crippen molar-refractivity contribution >= 4 is 22.7 Å². The first-order valence-electron chi connectivity index (χ1n) is 12.6. The molecule has 9 heteroatoms. The van der Waals surface area contributed by atoms with E-state index in [0.29, 0.717) is 29.5 Å². The summed E-state index contributed by atoms with van der Waals surface area (Å²) in [5, 5.41) is 7.01. The van der Waals surface area contributed by atoms with E-state index in [9.17, 15) is 4.79 Å². The molecule has 0 bridgehead atoms. The molecule has 0 saturated carbocycles. The Bertz CT molecular complexity index is 1810. The topological polar surface area (TPSA) is 75.0 Å². The molecule has 6 rings (SSSR count). The first kappa shape index (κ1) is 24.7. The van der Waals surface area contributed by atoms with Crippen molar-refractivity contribution in [3.8, 4) is 28.4 Å². The van der Waals surface area contributed by atoms with Crippen molar-refractivity contribution in [3.63, 3.8) is 0 Å². The van der Waals surface area contributed by atoms with Gasteiger partial charge in [-0.3, -0.25) is 9.48 Å². The summed E-state index contributed by atoms with van der Waals surface area (Å²) in [6, 6.07) is 25.4. The van der Waals surface area contributed by atoms with Crippen LogP contribution in [0.4, 0.5) is 5.69 Å². The first-order valence-corrected chi connectivity index (χ1v) is 13.5. The molecule has 1 aliphatic rings. The molecule has 0 fully saturated rings. The highest BCUT2D eigenvalue weighted by Crippen LogP contribution is 2.31. The molecule has 39 heavy (non-hydrogen) atoms. The van der Waals surface area contributed by atoms with E-state index in [-0.39, 0.29) is 5.56 Å². The van der Waals surface area contributed by atoms with Gasteiger partial charge in [0.2, 0.25) is 4.80 Å². The summed E-state index contributed by atoms with van der Waals surface area (Å²) >= 11 is 1.44. The third-order valence-corrected chi connectivity index (χ3v) is 7.51. The number of ether oxygens (including phenoxy) is 2. The van der Waals surface area contributed by atoms with Crippen LogP contribution in [0.3, 0.4) is 0 Å². The maximum Gasteiger partial charge on any atom is 0.297 e. The molecular weight excluding hydrogens is 510 g/mol. The van der Waals surface area contributed by atoms with E-state index in [1.807, 2.05) is 114 Å². The lowest BCUT2D eigenvalue weighted by Gasteiger charge is -2.18. The van der Waals surface area contributed by atoms with Crippen LogP contribution in [0, 0.1) is 6.92 Å². The summed E-state index contributed by atoms with van der Waals surface area (Å²) in [7, 11) is 1.87. The largest absolute Gasteiger partial charge is 0.486 e. The highest BCUT2D eigenvalue weighted by atomic mass is 32.1. The van der Waals surface area contributed by atoms with Crippen molar-refractivity contribution in [2.75, 3.05) is 13.2 Å². The maximum absolute atomic E-state index is 13.6. The molecule has 0 spiro atoms. The Hall–Kier alpha value is -4.63. The predicted molar refractivity (Wildman–Crippen MR) is 154 cm³/mol. The lowest BCUT2D eigenvalue weighted by atomic mass is 10.1. The van der Waals surface area contributed by atoms with Crippen molar-refractivity contribution < 1.29 is 9.47 Å². The van der Waals surface area contributed by atoms with Gasteiger partial charge in [-0.15, -0.1) is 11.3 Å². The molecule has 196 valence electrons. The maximum atomic E-state index is 13.6. The Morgan fingerprint density at radius 3 is 2.36 bits per heavy atom. The van der Waals surface area contributed by atoms with Crippen LogP contribution in [0.2, 0.25) is 0 Å². The van der Waals surface area contributed by atoms with Crippen LogP contribution >= 0.6 is 11.3 Å². The Kier molecular flexibility index (Phi) is 6.50. The van der Waals surface area contributed by atoms with Gasteiger partial charge in [0.15, 0.2) is 17.2 Å². The standard InChI is InChI=1S/C30H27N5O3S/c1-20(23-14-15-26-27(18-23)38-17-16-37-26)32-34-25(22-10-6-4-7-11-22)19-39-30(34)31-28-21(2)33(3)35(29(28)36)24-12-8-5-9-13-24/h4-15,18-19H,16-17H2,1-3H3. The lowest BCUT2D eigenvalue weighted by Crippen LogP contribution is -2.20. The molecular formula is C30H27N5O3S. The van der Waals surface area contributed by atoms with Crippen molar-refractivity contribution in [2.24, 2.45) is 17.1 Å². The smallest absolute Gasteiger partial charge is 0.297 e. The molecule has 8 nitrogen and oxygen atoms in total. The number of nitrogens with zero attached hydrogens (tertiary/aromatic N) is 5. The van der Waals surface area contributed by atoms with E-state index in [2.05, 4.69) is 0 Å². The number of aromatic nitrogens is 3. The van der Waals surface area contributed by atoms with Crippen LogP contribution in [-0.4, -0.2) is 33.0 Å². The van der Waals surface area contributed by atoms with Crippen molar-refractivity contribution in [1.29, 1.82) is 0 Å². The fourth-order valence-corrected chi connectivity index (χ4v) is 5.37. The van der Waals surface area contributed by atoms with Gasteiger partial charge in [0.1, 0.15) is 13.2 Å². The fraction of sp³-hybridized carbons (Fsp3) is 0.167. The number of hydrogen-bond acceptors (Lipinski definition) is 6. The van der Waals surface area contributed by atoms with E-state index in [1.165, 1.54) is 11.3 Å². The van der Waals surface area contributed by atoms with E-state index in [1.54, 1.807) is 4.68 Å². The molecule has 0 N–H and O–H groups in total. The minimum Gasteiger partial charge on any atom is -0.486 e. The second kappa shape index (κ2) is 10.3. The minimum absolute atomic E-state index is 0.185. The Morgan fingerprint density at radius 1 is 0.923 bits per heavy atom. The average molecular weight is 538 g/mol. The van der Waals surface area contributed by atoms with Gasteiger partial charge in [0.25, 0.3) is 5.56 Å². The molecule has 5 aromatic rings. The molecule has 3 aromatic carbocycles. The zero-order valence-corrected chi connectivity index (χ0v) is 22.7. The lowest BCUT2D eigenvalue weighted by molar-refractivity contribution is 0.171. The van der Waals surface area contributed by atoms with Gasteiger partial charge >= 0.3 is 0 Å². The van der Waals surface area contributed by atoms with E-state index >= 15 is 0 Å². The van der Waals surface area contributed by atoms with Gasteiger partial charge in [-0.1, -0.05) is 48.5 Å².